The van der Waals surface area contributed by atoms with Gasteiger partial charge in [0.05, 0.1) is 30.9 Å². The molecule has 0 radical (unpaired) electrons. The Labute approximate surface area is 123 Å². The van der Waals surface area contributed by atoms with E-state index in [0.29, 0.717) is 24.2 Å². The summed E-state index contributed by atoms with van der Waals surface area (Å²) in [6.45, 7) is 0.298. The van der Waals surface area contributed by atoms with E-state index in [4.69, 9.17) is 14.7 Å². The van der Waals surface area contributed by atoms with Gasteiger partial charge in [0.2, 0.25) is 0 Å². The Hall–Kier alpha value is -2.80. The summed E-state index contributed by atoms with van der Waals surface area (Å²) in [5, 5.41) is 8.70. The number of benzene rings is 2. The predicted octanol–water partition coefficient (Wildman–Crippen LogP) is 2.97. The van der Waals surface area contributed by atoms with Crippen LogP contribution in [0.5, 0.6) is 5.75 Å². The van der Waals surface area contributed by atoms with Crippen LogP contribution in [0.2, 0.25) is 0 Å². The topological polar surface area (TPSA) is 59.3 Å². The Balaban J connectivity index is 1.87. The van der Waals surface area contributed by atoms with E-state index in [9.17, 15) is 4.79 Å². The molecule has 0 saturated carbocycles. The summed E-state index contributed by atoms with van der Waals surface area (Å²) in [6.07, 6.45) is 0.624. The molecule has 0 aliphatic heterocycles. The molecule has 4 nitrogen and oxygen atoms in total. The van der Waals surface area contributed by atoms with Crippen LogP contribution in [-0.4, -0.2) is 19.7 Å². The summed E-state index contributed by atoms with van der Waals surface area (Å²) in [5.41, 5.74) is 2.00. The average molecular weight is 281 g/mol. The molecule has 0 N–H and O–H groups in total. The second-order valence-electron chi connectivity index (χ2n) is 4.43. The Morgan fingerprint density at radius 1 is 1.19 bits per heavy atom. The van der Waals surface area contributed by atoms with Crippen LogP contribution in [-0.2, 0) is 11.2 Å². The minimum absolute atomic E-state index is 0.298. The molecule has 0 saturated heterocycles. The first-order valence-electron chi connectivity index (χ1n) is 6.53. The van der Waals surface area contributed by atoms with E-state index in [1.165, 1.54) is 0 Å². The highest BCUT2D eigenvalue weighted by Gasteiger charge is 2.07. The number of carbonyl (C=O) groups is 1. The maximum atomic E-state index is 11.8. The van der Waals surface area contributed by atoms with Crippen molar-refractivity contribution >= 4 is 5.97 Å². The Morgan fingerprint density at radius 3 is 2.62 bits per heavy atom. The fraction of sp³-hybridized carbons (Fsp3) is 0.176. The summed E-state index contributed by atoms with van der Waals surface area (Å²) in [4.78, 5) is 11.8. The fourth-order valence-corrected chi connectivity index (χ4v) is 1.85. The maximum Gasteiger partial charge on any atom is 0.338 e. The third-order valence-corrected chi connectivity index (χ3v) is 3.01. The van der Waals surface area contributed by atoms with Crippen molar-refractivity contribution in [2.45, 2.75) is 6.42 Å². The molecule has 0 amide bonds. The van der Waals surface area contributed by atoms with Crippen molar-refractivity contribution < 1.29 is 14.3 Å². The van der Waals surface area contributed by atoms with Crippen molar-refractivity contribution in [1.29, 1.82) is 5.26 Å². The van der Waals surface area contributed by atoms with Crippen LogP contribution < -0.4 is 4.74 Å². The van der Waals surface area contributed by atoms with Crippen molar-refractivity contribution in [2.24, 2.45) is 0 Å². The molecule has 0 bridgehead atoms. The molecule has 0 aliphatic carbocycles. The molecule has 0 heterocycles. The lowest BCUT2D eigenvalue weighted by Gasteiger charge is -2.06. The summed E-state index contributed by atoms with van der Waals surface area (Å²) in [7, 11) is 1.62. The zero-order valence-electron chi connectivity index (χ0n) is 11.7. The van der Waals surface area contributed by atoms with Gasteiger partial charge in [0.1, 0.15) is 5.75 Å². The molecule has 106 valence electrons. The van der Waals surface area contributed by atoms with Gasteiger partial charge in [-0.3, -0.25) is 0 Å². The Bertz CT molecular complexity index is 656. The first kappa shape index (κ1) is 14.6. The minimum atomic E-state index is -0.387. The van der Waals surface area contributed by atoms with Crippen molar-refractivity contribution in [2.75, 3.05) is 13.7 Å². The number of hydrogen-bond acceptors (Lipinski definition) is 4. The largest absolute Gasteiger partial charge is 0.497 e. The number of nitriles is 1. The van der Waals surface area contributed by atoms with Crippen LogP contribution >= 0.6 is 0 Å². The quantitative estimate of drug-likeness (QED) is 0.790. The second-order valence-corrected chi connectivity index (χ2v) is 4.43. The van der Waals surface area contributed by atoms with Crippen molar-refractivity contribution in [3.05, 3.63) is 65.2 Å². The standard InChI is InChI=1S/C17H15NO3/c1-20-16-4-2-3-13(11-16)9-10-21-17(19)15-7-5-14(12-18)6-8-15/h2-8,11H,9-10H2,1H3. The van der Waals surface area contributed by atoms with E-state index in [0.717, 1.165) is 11.3 Å². The number of carbonyl (C=O) groups excluding carboxylic acids is 1. The molecule has 2 aromatic carbocycles. The van der Waals surface area contributed by atoms with Crippen molar-refractivity contribution in [3.63, 3.8) is 0 Å². The van der Waals surface area contributed by atoms with Gasteiger partial charge >= 0.3 is 5.97 Å². The zero-order chi connectivity index (χ0) is 15.1. The van der Waals surface area contributed by atoms with E-state index < -0.39 is 0 Å². The molecule has 0 aliphatic rings. The SMILES string of the molecule is COc1cccc(CCOC(=O)c2ccc(C#N)cc2)c1. The van der Waals surface area contributed by atoms with Crippen LogP contribution in [0.25, 0.3) is 0 Å². The number of ether oxygens (including phenoxy) is 2. The van der Waals surface area contributed by atoms with Crippen LogP contribution in [0.3, 0.4) is 0 Å². The Morgan fingerprint density at radius 2 is 1.95 bits per heavy atom. The van der Waals surface area contributed by atoms with Gasteiger partial charge in [-0.1, -0.05) is 12.1 Å². The normalized spacial score (nSPS) is 9.71. The molecular formula is C17H15NO3. The monoisotopic (exact) mass is 281 g/mol. The summed E-state index contributed by atoms with van der Waals surface area (Å²) in [6, 6.07) is 16.0. The second kappa shape index (κ2) is 7.11. The maximum absolute atomic E-state index is 11.8. The van der Waals surface area contributed by atoms with Crippen LogP contribution in [0.15, 0.2) is 48.5 Å². The van der Waals surface area contributed by atoms with E-state index in [1.807, 2.05) is 30.3 Å². The molecule has 2 rings (SSSR count). The summed E-state index contributed by atoms with van der Waals surface area (Å²) >= 11 is 0. The molecule has 0 spiro atoms. The van der Waals surface area contributed by atoms with Crippen LogP contribution in [0.4, 0.5) is 0 Å². The average Bonchev–Trinajstić information content (AvgIpc) is 2.55. The van der Waals surface area contributed by atoms with E-state index in [1.54, 1.807) is 31.4 Å². The lowest BCUT2D eigenvalue weighted by Crippen LogP contribution is -2.08. The molecule has 0 aromatic heterocycles. The van der Waals surface area contributed by atoms with Crippen LogP contribution in [0.1, 0.15) is 21.5 Å². The molecule has 0 atom stereocenters. The zero-order valence-corrected chi connectivity index (χ0v) is 11.7. The van der Waals surface area contributed by atoms with Gasteiger partial charge < -0.3 is 9.47 Å². The molecule has 0 fully saturated rings. The third kappa shape index (κ3) is 4.08. The van der Waals surface area contributed by atoms with E-state index in [2.05, 4.69) is 0 Å². The van der Waals surface area contributed by atoms with Crippen LogP contribution in [0, 0.1) is 11.3 Å². The number of esters is 1. The number of rotatable bonds is 5. The predicted molar refractivity (Wildman–Crippen MR) is 78.1 cm³/mol. The van der Waals surface area contributed by atoms with Gasteiger partial charge in [0.25, 0.3) is 0 Å². The van der Waals surface area contributed by atoms with Gasteiger partial charge in [-0.15, -0.1) is 0 Å². The Kier molecular flexibility index (Phi) is 4.94. The molecule has 2 aromatic rings. The number of methoxy groups -OCH3 is 1. The molecule has 0 unspecified atom stereocenters. The highest BCUT2D eigenvalue weighted by molar-refractivity contribution is 5.89. The smallest absolute Gasteiger partial charge is 0.338 e. The first-order valence-corrected chi connectivity index (χ1v) is 6.53. The molecular weight excluding hydrogens is 266 g/mol. The highest BCUT2D eigenvalue weighted by atomic mass is 16.5. The fourth-order valence-electron chi connectivity index (χ4n) is 1.85. The first-order chi connectivity index (χ1) is 10.2. The highest BCUT2D eigenvalue weighted by Crippen LogP contribution is 2.13. The van der Waals surface area contributed by atoms with Gasteiger partial charge in [-0.05, 0) is 42.0 Å². The third-order valence-electron chi connectivity index (χ3n) is 3.01. The lowest BCUT2D eigenvalue weighted by molar-refractivity contribution is 0.0509. The van der Waals surface area contributed by atoms with Crippen molar-refractivity contribution in [1.82, 2.24) is 0 Å². The van der Waals surface area contributed by atoms with Crippen molar-refractivity contribution in [3.8, 4) is 11.8 Å². The minimum Gasteiger partial charge on any atom is -0.497 e. The van der Waals surface area contributed by atoms with Gasteiger partial charge in [-0.25, -0.2) is 4.79 Å². The molecule has 21 heavy (non-hydrogen) atoms. The van der Waals surface area contributed by atoms with Gasteiger partial charge in [-0.2, -0.15) is 5.26 Å². The van der Waals surface area contributed by atoms with E-state index in [-0.39, 0.29) is 5.97 Å². The van der Waals surface area contributed by atoms with E-state index >= 15 is 0 Å². The van der Waals surface area contributed by atoms with Gasteiger partial charge in [0, 0.05) is 6.42 Å². The molecule has 4 heteroatoms. The summed E-state index contributed by atoms with van der Waals surface area (Å²) in [5.74, 6) is 0.397. The number of nitrogens with zero attached hydrogens (tertiary/aromatic N) is 1. The van der Waals surface area contributed by atoms with Gasteiger partial charge in [0.15, 0.2) is 0 Å². The lowest BCUT2D eigenvalue weighted by atomic mass is 10.1. The summed E-state index contributed by atoms with van der Waals surface area (Å²) < 4.78 is 10.4. The number of hydrogen-bond donors (Lipinski definition) is 0.